The summed E-state index contributed by atoms with van der Waals surface area (Å²) in [6, 6.07) is 3.26. The molecular formula is C13H14F2NO2PS. The minimum atomic E-state index is -3.52. The average molecular weight is 317 g/mol. The van der Waals surface area contributed by atoms with E-state index >= 15 is 0 Å². The summed E-state index contributed by atoms with van der Waals surface area (Å²) in [4.78, 5) is 0.325. The van der Waals surface area contributed by atoms with Gasteiger partial charge in [0.25, 0.3) is 11.1 Å². The van der Waals surface area contributed by atoms with Gasteiger partial charge in [0, 0.05) is 5.56 Å². The predicted molar refractivity (Wildman–Crippen MR) is 81.1 cm³/mol. The van der Waals surface area contributed by atoms with Gasteiger partial charge in [-0.05, 0) is 52.4 Å². The number of aryl methyl sites for hydroxylation is 1. The van der Waals surface area contributed by atoms with Crippen LogP contribution in [0.4, 0.5) is 14.5 Å². The monoisotopic (exact) mass is 317 g/mol. The molecule has 0 N–H and O–H groups in total. The van der Waals surface area contributed by atoms with Crippen molar-refractivity contribution in [2.45, 2.75) is 24.3 Å². The van der Waals surface area contributed by atoms with Crippen molar-refractivity contribution in [1.29, 1.82) is 0 Å². The SMILES string of the molecule is C=Nc1c(OS(=O)C(F)(F)P)ccc2c1C(=C)CCC2. The van der Waals surface area contributed by atoms with E-state index in [4.69, 9.17) is 4.18 Å². The van der Waals surface area contributed by atoms with Crippen LogP contribution in [0, 0.1) is 0 Å². The quantitative estimate of drug-likeness (QED) is 0.625. The molecule has 2 rings (SSSR count). The summed E-state index contributed by atoms with van der Waals surface area (Å²) in [6.07, 6.45) is 2.65. The second kappa shape index (κ2) is 5.70. The highest BCUT2D eigenvalue weighted by molar-refractivity contribution is 7.86. The van der Waals surface area contributed by atoms with E-state index in [1.165, 1.54) is 15.3 Å². The molecule has 7 heteroatoms. The maximum absolute atomic E-state index is 12.9. The number of fused-ring (bicyclic) bond motifs is 1. The molecule has 2 atom stereocenters. The summed E-state index contributed by atoms with van der Waals surface area (Å²) in [5.74, 6) is 0.0299. The van der Waals surface area contributed by atoms with Crippen LogP contribution < -0.4 is 4.18 Å². The summed E-state index contributed by atoms with van der Waals surface area (Å²) in [5, 5.41) is 0. The van der Waals surface area contributed by atoms with E-state index < -0.39 is 16.1 Å². The molecule has 0 saturated heterocycles. The first-order chi connectivity index (χ1) is 9.34. The first-order valence-corrected chi connectivity index (χ1v) is 7.57. The lowest BCUT2D eigenvalue weighted by atomic mass is 9.87. The van der Waals surface area contributed by atoms with Gasteiger partial charge in [-0.15, -0.1) is 0 Å². The Balaban J connectivity index is 2.45. The Morgan fingerprint density at radius 2 is 2.10 bits per heavy atom. The van der Waals surface area contributed by atoms with Gasteiger partial charge in [0.1, 0.15) is 5.69 Å². The Kier molecular flexibility index (Phi) is 4.35. The first kappa shape index (κ1) is 15.3. The van der Waals surface area contributed by atoms with Gasteiger partial charge in [0.2, 0.25) is 0 Å². The highest BCUT2D eigenvalue weighted by atomic mass is 32.2. The zero-order valence-electron chi connectivity index (χ0n) is 10.7. The molecule has 0 radical (unpaired) electrons. The zero-order valence-corrected chi connectivity index (χ0v) is 12.7. The van der Waals surface area contributed by atoms with Gasteiger partial charge < -0.3 is 4.18 Å². The third-order valence-electron chi connectivity index (χ3n) is 3.05. The number of allylic oxidation sites excluding steroid dienone is 1. The number of rotatable bonds is 4. The molecule has 0 bridgehead atoms. The van der Waals surface area contributed by atoms with Crippen LogP contribution in [0.5, 0.6) is 5.75 Å². The summed E-state index contributed by atoms with van der Waals surface area (Å²) >= 11 is -2.80. The lowest BCUT2D eigenvalue weighted by Gasteiger charge is -2.22. The normalized spacial score (nSPS) is 16.4. The molecule has 0 spiro atoms. The molecular weight excluding hydrogens is 303 g/mol. The number of hydrogen-bond donors (Lipinski definition) is 0. The summed E-state index contributed by atoms with van der Waals surface area (Å²) in [5.41, 5.74) is 2.99. The highest BCUT2D eigenvalue weighted by Gasteiger charge is 2.34. The average Bonchev–Trinajstić information content (AvgIpc) is 2.38. The Morgan fingerprint density at radius 1 is 1.40 bits per heavy atom. The van der Waals surface area contributed by atoms with Gasteiger partial charge in [-0.1, -0.05) is 12.6 Å². The van der Waals surface area contributed by atoms with Gasteiger partial charge in [0.05, 0.1) is 0 Å². The number of aliphatic imine (C=N–C) groups is 1. The van der Waals surface area contributed by atoms with Crippen LogP contribution in [0.1, 0.15) is 24.0 Å². The van der Waals surface area contributed by atoms with Crippen LogP contribution in [0.25, 0.3) is 5.57 Å². The minimum Gasteiger partial charge on any atom is -0.394 e. The molecule has 108 valence electrons. The topological polar surface area (TPSA) is 38.7 Å². The lowest BCUT2D eigenvalue weighted by molar-refractivity contribution is 0.193. The fourth-order valence-corrected chi connectivity index (χ4v) is 2.75. The van der Waals surface area contributed by atoms with Gasteiger partial charge in [-0.3, -0.25) is 4.99 Å². The van der Waals surface area contributed by atoms with Crippen molar-refractivity contribution in [3.63, 3.8) is 0 Å². The van der Waals surface area contributed by atoms with E-state index in [-0.39, 0.29) is 5.75 Å². The van der Waals surface area contributed by atoms with E-state index in [0.717, 1.165) is 36.0 Å². The molecule has 0 amide bonds. The number of halogens is 2. The van der Waals surface area contributed by atoms with Crippen molar-refractivity contribution in [2.24, 2.45) is 4.99 Å². The molecule has 0 aliphatic heterocycles. The zero-order chi connectivity index (χ0) is 14.9. The molecule has 3 nitrogen and oxygen atoms in total. The molecule has 1 aliphatic rings. The van der Waals surface area contributed by atoms with E-state index in [2.05, 4.69) is 18.3 Å². The second-order valence-corrected chi connectivity index (χ2v) is 6.77. The van der Waals surface area contributed by atoms with Crippen LogP contribution >= 0.6 is 9.24 Å². The van der Waals surface area contributed by atoms with E-state index in [1.54, 1.807) is 6.07 Å². The first-order valence-electron chi connectivity index (χ1n) is 5.92. The summed E-state index contributed by atoms with van der Waals surface area (Å²) in [6.45, 7) is 7.40. The van der Waals surface area contributed by atoms with Crippen LogP contribution in [0.3, 0.4) is 0 Å². The lowest BCUT2D eigenvalue weighted by Crippen LogP contribution is -2.19. The standard InChI is InChI=1S/C13H14F2NO2PS/c1-8-4-3-5-9-6-7-10(12(16-2)11(8)9)18-20(17)13(14,15)19/h6-7H,1-5,19H2. The predicted octanol–water partition coefficient (Wildman–Crippen LogP) is 3.84. The van der Waals surface area contributed by atoms with Crippen molar-refractivity contribution in [3.8, 4) is 5.75 Å². The fourth-order valence-electron chi connectivity index (χ4n) is 2.20. The van der Waals surface area contributed by atoms with Gasteiger partial charge in [-0.25, -0.2) is 4.21 Å². The molecule has 0 saturated carbocycles. The second-order valence-electron chi connectivity index (χ2n) is 4.44. The molecule has 0 heterocycles. The Labute approximate surface area is 121 Å². The van der Waals surface area contributed by atoms with E-state index in [9.17, 15) is 13.0 Å². The summed E-state index contributed by atoms with van der Waals surface area (Å²) < 4.78 is 42.1. The van der Waals surface area contributed by atoms with Crippen molar-refractivity contribution >= 4 is 38.3 Å². The Bertz CT molecular complexity index is 599. The molecule has 1 aromatic carbocycles. The molecule has 1 aromatic rings. The van der Waals surface area contributed by atoms with Crippen molar-refractivity contribution in [2.75, 3.05) is 0 Å². The van der Waals surface area contributed by atoms with Gasteiger partial charge in [-0.2, -0.15) is 8.78 Å². The highest BCUT2D eigenvalue weighted by Crippen LogP contribution is 2.43. The third kappa shape index (κ3) is 2.96. The van der Waals surface area contributed by atoms with Gasteiger partial charge in [0.15, 0.2) is 5.75 Å². The summed E-state index contributed by atoms with van der Waals surface area (Å²) in [7, 11) is 1.20. The van der Waals surface area contributed by atoms with Crippen molar-refractivity contribution in [1.82, 2.24) is 0 Å². The van der Waals surface area contributed by atoms with Crippen LogP contribution in [0.2, 0.25) is 0 Å². The molecule has 1 aliphatic carbocycles. The Morgan fingerprint density at radius 3 is 2.70 bits per heavy atom. The van der Waals surface area contributed by atoms with Crippen molar-refractivity contribution < 1.29 is 17.2 Å². The maximum atomic E-state index is 12.9. The number of hydrogen-bond acceptors (Lipinski definition) is 3. The molecule has 0 fully saturated rings. The van der Waals surface area contributed by atoms with Crippen LogP contribution in [-0.4, -0.2) is 15.9 Å². The number of benzene rings is 1. The van der Waals surface area contributed by atoms with Crippen LogP contribution in [-0.2, 0) is 17.5 Å². The largest absolute Gasteiger partial charge is 0.394 e. The van der Waals surface area contributed by atoms with E-state index in [1.807, 2.05) is 0 Å². The number of nitrogens with zero attached hydrogens (tertiary/aromatic N) is 1. The number of alkyl halides is 2. The van der Waals surface area contributed by atoms with Gasteiger partial charge >= 0.3 is 5.00 Å². The van der Waals surface area contributed by atoms with Crippen molar-refractivity contribution in [3.05, 3.63) is 29.8 Å². The smallest absolute Gasteiger partial charge is 0.366 e. The fraction of sp³-hybridized carbons (Fsp3) is 0.308. The molecule has 0 aromatic heterocycles. The maximum Gasteiger partial charge on any atom is 0.366 e. The molecule has 20 heavy (non-hydrogen) atoms. The minimum absolute atomic E-state index is 0.0299. The van der Waals surface area contributed by atoms with Crippen LogP contribution in [0.15, 0.2) is 23.7 Å². The third-order valence-corrected chi connectivity index (χ3v) is 4.40. The molecule has 2 unspecified atom stereocenters. The Hall–Kier alpha value is -1.13. The van der Waals surface area contributed by atoms with E-state index in [0.29, 0.717) is 5.69 Å².